The van der Waals surface area contributed by atoms with Gasteiger partial charge in [0.05, 0.1) is 10.7 Å². The van der Waals surface area contributed by atoms with Crippen LogP contribution in [-0.2, 0) is 6.61 Å². The van der Waals surface area contributed by atoms with Gasteiger partial charge in [-0.25, -0.2) is 0 Å². The van der Waals surface area contributed by atoms with Crippen LogP contribution < -0.4 is 4.74 Å². The number of halogens is 2. The number of hydrogen-bond acceptors (Lipinski definition) is 4. The Morgan fingerprint density at radius 3 is 2.72 bits per heavy atom. The molecule has 8 heteroatoms. The van der Waals surface area contributed by atoms with Gasteiger partial charge in [0.25, 0.3) is 0 Å². The molecule has 0 fully saturated rings. The number of aryl methyl sites for hydroxylation is 1. The van der Waals surface area contributed by atoms with Gasteiger partial charge in [0.2, 0.25) is 4.77 Å². The third-order valence-electron chi connectivity index (χ3n) is 3.39. The molecule has 3 rings (SSSR count). The van der Waals surface area contributed by atoms with Gasteiger partial charge in [0.15, 0.2) is 0 Å². The Hall–Kier alpha value is -1.77. The third-order valence-corrected chi connectivity index (χ3v) is 4.70. The molecule has 0 spiro atoms. The summed E-state index contributed by atoms with van der Waals surface area (Å²) in [6, 6.07) is 13.9. The fraction of sp³-hybridized carbons (Fsp3) is 0.118. The minimum absolute atomic E-state index is 0.439. The van der Waals surface area contributed by atoms with Gasteiger partial charge in [-0.2, -0.15) is 14.9 Å². The van der Waals surface area contributed by atoms with Gasteiger partial charge in [-0.3, -0.25) is 5.10 Å². The van der Waals surface area contributed by atoms with Gasteiger partial charge in [0, 0.05) is 10.0 Å². The summed E-state index contributed by atoms with van der Waals surface area (Å²) in [6.45, 7) is 2.29. The maximum atomic E-state index is 6.02. The second-order valence-electron chi connectivity index (χ2n) is 5.21. The lowest BCUT2D eigenvalue weighted by Crippen LogP contribution is -2.01. The molecule has 0 bridgehead atoms. The molecule has 0 aliphatic rings. The predicted molar refractivity (Wildman–Crippen MR) is 108 cm³/mol. The van der Waals surface area contributed by atoms with E-state index in [4.69, 9.17) is 17.0 Å². The molecule has 0 unspecified atom stereocenters. The van der Waals surface area contributed by atoms with Crippen molar-refractivity contribution in [2.75, 3.05) is 0 Å². The van der Waals surface area contributed by atoms with Crippen LogP contribution in [0.3, 0.4) is 0 Å². The number of nitrogens with one attached hydrogen (secondary N) is 1. The van der Waals surface area contributed by atoms with Gasteiger partial charge in [-0.15, -0.1) is 0 Å². The first-order chi connectivity index (χ1) is 12.0. The number of H-pyrrole nitrogens is 1. The van der Waals surface area contributed by atoms with E-state index in [-0.39, 0.29) is 0 Å². The van der Waals surface area contributed by atoms with Crippen molar-refractivity contribution in [3.05, 3.63) is 73.1 Å². The number of benzene rings is 2. The molecule has 25 heavy (non-hydrogen) atoms. The molecule has 0 aliphatic heterocycles. The van der Waals surface area contributed by atoms with Crippen molar-refractivity contribution < 1.29 is 4.74 Å². The summed E-state index contributed by atoms with van der Waals surface area (Å²) >= 11 is 12.2. The molecule has 2 aromatic carbocycles. The lowest BCUT2D eigenvalue weighted by atomic mass is 10.2. The molecule has 1 aromatic heterocycles. The summed E-state index contributed by atoms with van der Waals surface area (Å²) in [6.07, 6.45) is 1.70. The average Bonchev–Trinajstić information content (AvgIpc) is 2.91. The number of hydrogen-bond donors (Lipinski definition) is 1. The van der Waals surface area contributed by atoms with Crippen molar-refractivity contribution in [3.63, 3.8) is 0 Å². The van der Waals surface area contributed by atoms with Crippen LogP contribution in [0.4, 0.5) is 0 Å². The highest BCUT2D eigenvalue weighted by molar-refractivity contribution is 9.11. The average molecular weight is 482 g/mol. The molecule has 0 saturated heterocycles. The Morgan fingerprint density at radius 2 is 2.04 bits per heavy atom. The molecular weight excluding hydrogens is 468 g/mol. The zero-order chi connectivity index (χ0) is 17.8. The number of aromatic amines is 1. The smallest absolute Gasteiger partial charge is 0.216 e. The van der Waals surface area contributed by atoms with Gasteiger partial charge in [-0.05, 0) is 52.8 Å². The van der Waals surface area contributed by atoms with E-state index < -0.39 is 0 Å². The summed E-state index contributed by atoms with van der Waals surface area (Å²) in [4.78, 5) is 0. The zero-order valence-corrected chi connectivity index (χ0v) is 17.2. The first kappa shape index (κ1) is 18.0. The Morgan fingerprint density at radius 1 is 1.28 bits per heavy atom. The van der Waals surface area contributed by atoms with Gasteiger partial charge >= 0.3 is 0 Å². The molecular formula is C17H14Br2N4OS. The molecule has 5 nitrogen and oxygen atoms in total. The first-order valence-electron chi connectivity index (χ1n) is 7.39. The van der Waals surface area contributed by atoms with Crippen molar-refractivity contribution in [2.45, 2.75) is 13.5 Å². The molecule has 3 aromatic rings. The van der Waals surface area contributed by atoms with Crippen molar-refractivity contribution in [2.24, 2.45) is 5.10 Å². The highest BCUT2D eigenvalue weighted by Crippen LogP contribution is 2.32. The lowest BCUT2D eigenvalue weighted by molar-refractivity contribution is 0.304. The number of rotatable bonds is 5. The third kappa shape index (κ3) is 4.45. The van der Waals surface area contributed by atoms with Crippen LogP contribution in [0.25, 0.3) is 0 Å². The highest BCUT2D eigenvalue weighted by atomic mass is 79.9. The van der Waals surface area contributed by atoms with Crippen molar-refractivity contribution in [1.82, 2.24) is 14.9 Å². The quantitative estimate of drug-likeness (QED) is 0.400. The van der Waals surface area contributed by atoms with E-state index in [9.17, 15) is 0 Å². The summed E-state index contributed by atoms with van der Waals surface area (Å²) in [7, 11) is 0. The molecule has 1 N–H and O–H groups in total. The summed E-state index contributed by atoms with van der Waals surface area (Å²) in [5.41, 5.74) is 1.91. The van der Waals surface area contributed by atoms with E-state index in [1.165, 1.54) is 0 Å². The molecule has 0 atom stereocenters. The van der Waals surface area contributed by atoms with E-state index in [0.717, 1.165) is 20.1 Å². The lowest BCUT2D eigenvalue weighted by Gasteiger charge is -2.12. The van der Waals surface area contributed by atoms with Crippen LogP contribution in [0.2, 0.25) is 0 Å². The van der Waals surface area contributed by atoms with E-state index >= 15 is 0 Å². The van der Waals surface area contributed by atoms with Gasteiger partial charge in [-0.1, -0.05) is 46.3 Å². The molecule has 128 valence electrons. The fourth-order valence-electron chi connectivity index (χ4n) is 2.18. The maximum absolute atomic E-state index is 6.02. The van der Waals surface area contributed by atoms with Crippen LogP contribution in [0.5, 0.6) is 5.75 Å². The largest absolute Gasteiger partial charge is 0.487 e. The molecule has 1 heterocycles. The van der Waals surface area contributed by atoms with Crippen molar-refractivity contribution in [1.29, 1.82) is 0 Å². The molecule has 0 aliphatic carbocycles. The minimum atomic E-state index is 0.439. The van der Waals surface area contributed by atoms with Crippen molar-refractivity contribution >= 4 is 50.3 Å². The second-order valence-corrected chi connectivity index (χ2v) is 7.37. The Kier molecular flexibility index (Phi) is 5.82. The number of nitrogens with zero attached hydrogens (tertiary/aromatic N) is 3. The standard InChI is InChI=1S/C17H14Br2N4OS/c1-11-21-22-17(25)23(11)20-9-13-7-14(18)8-15(19)16(13)24-10-12-5-3-2-4-6-12/h2-9H,10H2,1H3,(H,22,25)/b20-9-. The van der Waals surface area contributed by atoms with Crippen molar-refractivity contribution in [3.8, 4) is 5.75 Å². The monoisotopic (exact) mass is 480 g/mol. The van der Waals surface area contributed by atoms with Crippen LogP contribution in [0, 0.1) is 11.7 Å². The molecule has 0 saturated carbocycles. The van der Waals surface area contributed by atoms with Crippen LogP contribution in [0.15, 0.2) is 56.5 Å². The molecule has 0 amide bonds. The Labute approximate surface area is 167 Å². The zero-order valence-electron chi connectivity index (χ0n) is 13.2. The van der Waals surface area contributed by atoms with E-state index in [2.05, 4.69) is 47.2 Å². The van der Waals surface area contributed by atoms with Gasteiger partial charge < -0.3 is 4.74 Å². The summed E-state index contributed by atoms with van der Waals surface area (Å²) < 4.78 is 9.78. The van der Waals surface area contributed by atoms with E-state index in [1.807, 2.05) is 49.4 Å². The number of aromatic nitrogens is 3. The normalized spacial score (nSPS) is 11.2. The second kappa shape index (κ2) is 8.07. The maximum Gasteiger partial charge on any atom is 0.216 e. The van der Waals surface area contributed by atoms with Gasteiger partial charge in [0.1, 0.15) is 18.2 Å². The fourth-order valence-corrected chi connectivity index (χ4v) is 3.78. The summed E-state index contributed by atoms with van der Waals surface area (Å²) in [5, 5.41) is 11.2. The topological polar surface area (TPSA) is 55.2 Å². The van der Waals surface area contributed by atoms with Crippen LogP contribution in [-0.4, -0.2) is 21.1 Å². The SMILES string of the molecule is Cc1n[nH]c(=S)n1/N=C\c1cc(Br)cc(Br)c1OCc1ccccc1. The Balaban J connectivity index is 1.91. The number of ether oxygens (including phenoxy) is 1. The predicted octanol–water partition coefficient (Wildman–Crippen LogP) is 5.24. The Bertz CT molecular complexity index is 967. The minimum Gasteiger partial charge on any atom is -0.487 e. The van der Waals surface area contributed by atoms with Crippen LogP contribution in [0.1, 0.15) is 17.0 Å². The van der Waals surface area contributed by atoms with Crippen LogP contribution >= 0.6 is 44.1 Å². The van der Waals surface area contributed by atoms with E-state index in [0.29, 0.717) is 23.0 Å². The first-order valence-corrected chi connectivity index (χ1v) is 9.38. The highest BCUT2D eigenvalue weighted by Gasteiger charge is 2.10. The molecule has 0 radical (unpaired) electrons. The summed E-state index contributed by atoms with van der Waals surface area (Å²) in [5.74, 6) is 1.39. The van der Waals surface area contributed by atoms with E-state index in [1.54, 1.807) is 10.9 Å².